The van der Waals surface area contributed by atoms with Crippen molar-refractivity contribution in [2.24, 2.45) is 11.8 Å². The van der Waals surface area contributed by atoms with Crippen molar-refractivity contribution in [3.05, 3.63) is 33.8 Å². The van der Waals surface area contributed by atoms with Crippen molar-refractivity contribution in [2.45, 2.75) is 33.1 Å². The van der Waals surface area contributed by atoms with Crippen LogP contribution >= 0.6 is 15.9 Å². The Bertz CT molecular complexity index is 341. The van der Waals surface area contributed by atoms with Gasteiger partial charge in [0, 0.05) is 4.47 Å². The Balaban J connectivity index is 2.41. The quantitative estimate of drug-likeness (QED) is 0.696. The summed E-state index contributed by atoms with van der Waals surface area (Å²) in [6.45, 7) is 7.03. The summed E-state index contributed by atoms with van der Waals surface area (Å²) in [7, 11) is 0. The fraction of sp³-hybridized carbons (Fsp3) is 0.538. The highest BCUT2D eigenvalue weighted by Gasteiger charge is 2.32. The minimum Gasteiger partial charge on any atom is -0.0625 e. The Kier molecular flexibility index (Phi) is 2.70. The lowest BCUT2D eigenvalue weighted by molar-refractivity contribution is 0.355. The first-order valence-electron chi connectivity index (χ1n) is 5.38. The molecule has 0 N–H and O–H groups in total. The second-order valence-electron chi connectivity index (χ2n) is 4.71. The number of hydrogen-bond acceptors (Lipinski definition) is 0. The third kappa shape index (κ3) is 1.52. The van der Waals surface area contributed by atoms with E-state index in [-0.39, 0.29) is 0 Å². The minimum absolute atomic E-state index is 0.709. The lowest BCUT2D eigenvalue weighted by Crippen LogP contribution is -2.11. The van der Waals surface area contributed by atoms with E-state index in [1.165, 1.54) is 10.9 Å². The van der Waals surface area contributed by atoms with Crippen molar-refractivity contribution in [1.82, 2.24) is 0 Å². The fourth-order valence-electron chi connectivity index (χ4n) is 2.73. The molecule has 1 aromatic rings. The maximum Gasteiger partial charge on any atom is 0.0212 e. The van der Waals surface area contributed by atoms with Gasteiger partial charge in [0.2, 0.25) is 0 Å². The fourth-order valence-corrected chi connectivity index (χ4v) is 3.50. The lowest BCUT2D eigenvalue weighted by Gasteiger charge is -2.20. The third-order valence-corrected chi connectivity index (χ3v) is 4.24. The van der Waals surface area contributed by atoms with Crippen molar-refractivity contribution in [2.75, 3.05) is 0 Å². The molecule has 0 aliphatic heterocycles. The Morgan fingerprint density at radius 2 is 2.07 bits per heavy atom. The molecule has 1 aliphatic carbocycles. The third-order valence-electron chi connectivity index (χ3n) is 3.55. The van der Waals surface area contributed by atoms with Gasteiger partial charge in [0.05, 0.1) is 0 Å². The zero-order chi connectivity index (χ0) is 10.3. The van der Waals surface area contributed by atoms with Crippen LogP contribution in [0.15, 0.2) is 22.7 Å². The van der Waals surface area contributed by atoms with Crippen LogP contribution in [0.5, 0.6) is 0 Å². The molecule has 0 radical (unpaired) electrons. The Morgan fingerprint density at radius 3 is 2.64 bits per heavy atom. The Labute approximate surface area is 94.8 Å². The molecule has 14 heavy (non-hydrogen) atoms. The summed E-state index contributed by atoms with van der Waals surface area (Å²) in [5, 5.41) is 0. The molecule has 1 heteroatoms. The molecule has 0 spiro atoms. The molecule has 0 saturated carbocycles. The van der Waals surface area contributed by atoms with Crippen LogP contribution in [0.1, 0.15) is 37.8 Å². The smallest absolute Gasteiger partial charge is 0.0212 e. The predicted molar refractivity (Wildman–Crippen MR) is 64.6 cm³/mol. The molecular weight excluding hydrogens is 236 g/mol. The molecule has 0 fully saturated rings. The van der Waals surface area contributed by atoms with Crippen LogP contribution in [0.3, 0.4) is 0 Å². The largest absolute Gasteiger partial charge is 0.0625 e. The standard InChI is InChI=1S/C13H17Br/c1-8(2)11-7-10-5-4-6-12(14)13(10)9(11)3/h4-6,8-9,11H,7H2,1-3H3/t9-,11-/m0/s1. The van der Waals surface area contributed by atoms with Gasteiger partial charge in [-0.25, -0.2) is 0 Å². The van der Waals surface area contributed by atoms with Gasteiger partial charge < -0.3 is 0 Å². The highest BCUT2D eigenvalue weighted by molar-refractivity contribution is 9.10. The first-order valence-corrected chi connectivity index (χ1v) is 6.18. The molecule has 0 saturated heterocycles. The van der Waals surface area contributed by atoms with Crippen molar-refractivity contribution in [3.8, 4) is 0 Å². The lowest BCUT2D eigenvalue weighted by atomic mass is 9.85. The van der Waals surface area contributed by atoms with Gasteiger partial charge in [-0.1, -0.05) is 48.8 Å². The molecule has 2 atom stereocenters. The van der Waals surface area contributed by atoms with E-state index in [9.17, 15) is 0 Å². The van der Waals surface area contributed by atoms with E-state index in [0.717, 1.165) is 11.8 Å². The maximum absolute atomic E-state index is 3.66. The highest BCUT2D eigenvalue weighted by Crippen LogP contribution is 2.44. The molecule has 0 aromatic heterocycles. The summed E-state index contributed by atoms with van der Waals surface area (Å²) >= 11 is 3.66. The van der Waals surface area contributed by atoms with Crippen LogP contribution in [0.4, 0.5) is 0 Å². The number of fused-ring (bicyclic) bond motifs is 1. The van der Waals surface area contributed by atoms with E-state index in [1.54, 1.807) is 11.1 Å². The first-order chi connectivity index (χ1) is 6.61. The van der Waals surface area contributed by atoms with Gasteiger partial charge in [-0.3, -0.25) is 0 Å². The van der Waals surface area contributed by atoms with Gasteiger partial charge in [0.25, 0.3) is 0 Å². The topological polar surface area (TPSA) is 0 Å². The minimum atomic E-state index is 0.709. The summed E-state index contributed by atoms with van der Waals surface area (Å²) in [4.78, 5) is 0. The second-order valence-corrected chi connectivity index (χ2v) is 5.57. The van der Waals surface area contributed by atoms with E-state index in [2.05, 4.69) is 54.9 Å². The molecule has 1 aliphatic rings. The van der Waals surface area contributed by atoms with Gasteiger partial charge in [0.15, 0.2) is 0 Å². The summed E-state index contributed by atoms with van der Waals surface area (Å²) in [5.74, 6) is 2.31. The van der Waals surface area contributed by atoms with E-state index in [0.29, 0.717) is 5.92 Å². The summed E-state index contributed by atoms with van der Waals surface area (Å²) in [5.41, 5.74) is 3.09. The normalized spacial score (nSPS) is 25.5. The molecular formula is C13H17Br. The van der Waals surface area contributed by atoms with E-state index >= 15 is 0 Å². The van der Waals surface area contributed by atoms with Gasteiger partial charge in [-0.15, -0.1) is 0 Å². The van der Waals surface area contributed by atoms with Gasteiger partial charge in [-0.2, -0.15) is 0 Å². The molecule has 1 aromatic carbocycles. The zero-order valence-electron chi connectivity index (χ0n) is 9.05. The summed E-state index contributed by atoms with van der Waals surface area (Å²) in [6.07, 6.45) is 1.26. The summed E-state index contributed by atoms with van der Waals surface area (Å²) in [6, 6.07) is 6.59. The van der Waals surface area contributed by atoms with Gasteiger partial charge in [0.1, 0.15) is 0 Å². The first kappa shape index (κ1) is 10.2. The van der Waals surface area contributed by atoms with Crippen LogP contribution in [-0.2, 0) is 6.42 Å². The van der Waals surface area contributed by atoms with Crippen LogP contribution in [0.25, 0.3) is 0 Å². The van der Waals surface area contributed by atoms with Crippen LogP contribution in [-0.4, -0.2) is 0 Å². The molecule has 2 rings (SSSR count). The zero-order valence-corrected chi connectivity index (χ0v) is 10.6. The van der Waals surface area contributed by atoms with Gasteiger partial charge >= 0.3 is 0 Å². The average Bonchev–Trinajstić information content (AvgIpc) is 2.45. The van der Waals surface area contributed by atoms with E-state index < -0.39 is 0 Å². The SMILES string of the molecule is CC(C)[C@@H]1Cc2cccc(Br)c2[C@H]1C. The van der Waals surface area contributed by atoms with E-state index in [4.69, 9.17) is 0 Å². The van der Waals surface area contributed by atoms with E-state index in [1.807, 2.05) is 0 Å². The van der Waals surface area contributed by atoms with Crippen molar-refractivity contribution in [3.63, 3.8) is 0 Å². The predicted octanol–water partition coefficient (Wildman–Crippen LogP) is 4.38. The van der Waals surface area contributed by atoms with Crippen molar-refractivity contribution in [1.29, 1.82) is 0 Å². The van der Waals surface area contributed by atoms with Crippen LogP contribution < -0.4 is 0 Å². The molecule has 76 valence electrons. The molecule has 0 heterocycles. The monoisotopic (exact) mass is 252 g/mol. The second kappa shape index (κ2) is 3.69. The van der Waals surface area contributed by atoms with Crippen molar-refractivity contribution < 1.29 is 0 Å². The van der Waals surface area contributed by atoms with Crippen molar-refractivity contribution >= 4 is 15.9 Å². The number of benzene rings is 1. The Hall–Kier alpha value is -0.300. The number of halogens is 1. The van der Waals surface area contributed by atoms with Gasteiger partial charge in [-0.05, 0) is 41.4 Å². The van der Waals surface area contributed by atoms with Crippen LogP contribution in [0, 0.1) is 11.8 Å². The number of hydrogen-bond donors (Lipinski definition) is 0. The molecule has 0 bridgehead atoms. The number of rotatable bonds is 1. The highest BCUT2D eigenvalue weighted by atomic mass is 79.9. The van der Waals surface area contributed by atoms with Crippen LogP contribution in [0.2, 0.25) is 0 Å². The molecule has 0 amide bonds. The maximum atomic E-state index is 3.66. The summed E-state index contributed by atoms with van der Waals surface area (Å²) < 4.78 is 1.30. The average molecular weight is 253 g/mol. The molecule has 0 unspecified atom stereocenters. The molecule has 0 nitrogen and oxygen atoms in total. The Morgan fingerprint density at radius 1 is 1.36 bits per heavy atom.